The molecule has 1 N–H and O–H groups in total. The molecule has 0 aliphatic carbocycles. The lowest BCUT2D eigenvalue weighted by Gasteiger charge is -2.27. The van der Waals surface area contributed by atoms with Crippen molar-refractivity contribution in [3.05, 3.63) is 89.3 Å². The van der Waals surface area contributed by atoms with Gasteiger partial charge in [0, 0.05) is 0 Å². The minimum atomic E-state index is -3.85. The first-order valence-corrected chi connectivity index (χ1v) is 9.38. The molecule has 0 heterocycles. The minimum absolute atomic E-state index is 0.118. The Balaban J connectivity index is 2.42. The topological polar surface area (TPSA) is 20.2 Å². The molecule has 23 heavy (non-hydrogen) atoms. The van der Waals surface area contributed by atoms with Crippen molar-refractivity contribution in [2.24, 2.45) is 0 Å². The molecule has 0 aliphatic heterocycles. The predicted octanol–water partition coefficient (Wildman–Crippen LogP) is 2.57. The van der Waals surface area contributed by atoms with E-state index in [1.54, 1.807) is 20.8 Å². The van der Waals surface area contributed by atoms with E-state index in [2.05, 4.69) is 0 Å². The van der Waals surface area contributed by atoms with Crippen molar-refractivity contribution in [2.45, 2.75) is 20.8 Å². The molecule has 0 aliphatic rings. The summed E-state index contributed by atoms with van der Waals surface area (Å²) >= 11 is 0. The van der Waals surface area contributed by atoms with Crippen LogP contribution in [0.1, 0.15) is 24.9 Å². The van der Waals surface area contributed by atoms with Crippen LogP contribution in [0.4, 0.5) is 0 Å². The summed E-state index contributed by atoms with van der Waals surface area (Å²) in [6, 6.07) is 9.79. The number of hydrogen-bond acceptors (Lipinski definition) is 1. The van der Waals surface area contributed by atoms with Gasteiger partial charge in [-0.2, -0.15) is 0 Å². The Morgan fingerprint density at radius 3 is 1.04 bits per heavy atom. The van der Waals surface area contributed by atoms with Crippen LogP contribution in [0, 0.1) is 20.8 Å². The normalized spacial score (nSPS) is 15.1. The Morgan fingerprint density at radius 2 is 0.826 bits per heavy atom. The number of hydrogen-bond donors (Lipinski definition) is 1. The van der Waals surface area contributed by atoms with E-state index in [0.717, 1.165) is 0 Å². The van der Waals surface area contributed by atoms with Gasteiger partial charge in [-0.1, -0.05) is 89.3 Å². The average Bonchev–Trinajstić information content (AvgIpc) is 2.66. The molecular weight excluding hydrogens is 296 g/mol. The monoisotopic (exact) mass is 324 g/mol. The number of benzene rings is 3. The van der Waals surface area contributed by atoms with Crippen LogP contribution in [0.3, 0.4) is 0 Å². The molecule has 116 valence electrons. The van der Waals surface area contributed by atoms with E-state index in [0.29, 0.717) is 32.3 Å². The molecule has 0 amide bonds. The summed E-state index contributed by atoms with van der Waals surface area (Å²) in [4.78, 5) is 12.1. The van der Waals surface area contributed by atoms with Crippen molar-refractivity contribution >= 4 is 23.9 Å². The van der Waals surface area contributed by atoms with Gasteiger partial charge in [-0.05, 0) is 36.3 Å². The highest BCUT2D eigenvalue weighted by atomic mass is 28.4. The molecule has 0 unspecified atom stereocenters. The van der Waals surface area contributed by atoms with Gasteiger partial charge in [0.15, 0.2) is 0 Å². The van der Waals surface area contributed by atoms with Crippen molar-refractivity contribution in [1.29, 1.82) is 0 Å². The fourth-order valence-electron chi connectivity index (χ4n) is 2.49. The fraction of sp³-hybridized carbons (Fsp3) is 0.143. The van der Waals surface area contributed by atoms with Crippen molar-refractivity contribution in [3.63, 3.8) is 0 Å². The van der Waals surface area contributed by atoms with E-state index < -0.39 is 8.32 Å². The molecule has 2 heteroatoms. The summed E-state index contributed by atoms with van der Waals surface area (Å²) in [5.74, 6) is 0. The van der Waals surface area contributed by atoms with E-state index in [9.17, 15) is 4.80 Å². The molecular formula is C21H22OSi. The van der Waals surface area contributed by atoms with E-state index in [-0.39, 0.29) is 36.3 Å². The molecule has 0 saturated carbocycles. The third kappa shape index (κ3) is 3.00. The van der Waals surface area contributed by atoms with Crippen LogP contribution in [0.15, 0.2) is 72.7 Å². The standard InChI is InChI=1S/C21H22OSi/c1-16-4-10-19(11-5-16)23(22,20-12-6-17(2)7-13-20)21-14-8-18(3)9-15-21/h4-15,22H,1-3H3/i4D,5D,6D,7D,8D,9D. The maximum Gasteiger partial charge on any atom is 0.285 e. The van der Waals surface area contributed by atoms with Gasteiger partial charge >= 0.3 is 0 Å². The lowest BCUT2D eigenvalue weighted by Crippen LogP contribution is -2.67. The second-order valence-corrected chi connectivity index (χ2v) is 8.84. The van der Waals surface area contributed by atoms with Crippen LogP contribution in [-0.2, 0) is 0 Å². The van der Waals surface area contributed by atoms with Gasteiger partial charge in [0.25, 0.3) is 8.32 Å². The molecule has 0 radical (unpaired) electrons. The quantitative estimate of drug-likeness (QED) is 0.580. The molecule has 0 bridgehead atoms. The first-order chi connectivity index (χ1) is 13.5. The molecule has 0 spiro atoms. The van der Waals surface area contributed by atoms with Crippen LogP contribution in [0.5, 0.6) is 0 Å². The molecule has 3 aromatic rings. The smallest absolute Gasteiger partial charge is 0.285 e. The maximum absolute atomic E-state index is 12.1. The van der Waals surface area contributed by atoms with Crippen LogP contribution in [0.25, 0.3) is 0 Å². The fourth-order valence-corrected chi connectivity index (χ4v) is 5.18. The molecule has 0 saturated heterocycles. The van der Waals surface area contributed by atoms with E-state index in [1.807, 2.05) is 0 Å². The predicted molar refractivity (Wildman–Crippen MR) is 100 cm³/mol. The van der Waals surface area contributed by atoms with Crippen LogP contribution in [-0.4, -0.2) is 13.1 Å². The SMILES string of the molecule is [2H]c1cc([Si](O)(c2cc([2H])c(C)c([2H])c2)c2cc([2H])c(C)c([2H])c2)cc([2H])c1C. The molecule has 3 aromatic carbocycles. The third-order valence-electron chi connectivity index (χ3n) is 3.92. The molecule has 0 aromatic heterocycles. The highest BCUT2D eigenvalue weighted by Gasteiger charge is 2.38. The van der Waals surface area contributed by atoms with Gasteiger partial charge in [-0.25, -0.2) is 0 Å². The maximum atomic E-state index is 12.1. The second-order valence-electron chi connectivity index (χ2n) is 5.68. The average molecular weight is 325 g/mol. The Hall–Kier alpha value is -2.16. The van der Waals surface area contributed by atoms with E-state index >= 15 is 0 Å². The van der Waals surface area contributed by atoms with Gasteiger partial charge < -0.3 is 4.80 Å². The zero-order valence-electron chi connectivity index (χ0n) is 19.4. The first-order valence-electron chi connectivity index (χ1n) is 10.4. The summed E-state index contributed by atoms with van der Waals surface area (Å²) in [7, 11) is -3.85. The summed E-state index contributed by atoms with van der Waals surface area (Å²) in [5, 5.41) is 1.09. The highest BCUT2D eigenvalue weighted by Crippen LogP contribution is 2.07. The summed E-state index contributed by atoms with van der Waals surface area (Å²) < 4.78 is 49.1. The Kier molecular flexibility index (Phi) is 2.64. The zero-order valence-corrected chi connectivity index (χ0v) is 14.4. The van der Waals surface area contributed by atoms with Crippen LogP contribution >= 0.6 is 0 Å². The van der Waals surface area contributed by atoms with Crippen molar-refractivity contribution in [3.8, 4) is 0 Å². The highest BCUT2D eigenvalue weighted by molar-refractivity contribution is 7.06. The Bertz CT molecular complexity index is 920. The summed E-state index contributed by atoms with van der Waals surface area (Å²) in [6.45, 7) is 5.00. The third-order valence-corrected chi connectivity index (χ3v) is 7.29. The van der Waals surface area contributed by atoms with Crippen molar-refractivity contribution < 1.29 is 13.0 Å². The summed E-state index contributed by atoms with van der Waals surface area (Å²) in [5.41, 5.74) is 1.47. The Labute approximate surface area is 147 Å². The van der Waals surface area contributed by atoms with Gasteiger partial charge in [0.1, 0.15) is 0 Å². The summed E-state index contributed by atoms with van der Waals surface area (Å²) in [6.07, 6.45) is 0. The van der Waals surface area contributed by atoms with Gasteiger partial charge in [0.05, 0.1) is 8.22 Å². The van der Waals surface area contributed by atoms with E-state index in [1.165, 1.54) is 36.4 Å². The minimum Gasteiger partial charge on any atom is -0.421 e. The number of rotatable bonds is 3. The van der Waals surface area contributed by atoms with Gasteiger partial charge in [-0.3, -0.25) is 0 Å². The molecule has 1 nitrogen and oxygen atoms in total. The molecule has 3 rings (SSSR count). The molecule has 0 fully saturated rings. The Morgan fingerprint density at radius 1 is 0.609 bits per heavy atom. The van der Waals surface area contributed by atoms with E-state index in [4.69, 9.17) is 8.22 Å². The lowest BCUT2D eigenvalue weighted by molar-refractivity contribution is 0.583. The second kappa shape index (κ2) is 6.15. The first kappa shape index (κ1) is 9.86. The van der Waals surface area contributed by atoms with Gasteiger partial charge in [0.2, 0.25) is 0 Å². The lowest BCUT2D eigenvalue weighted by atomic mass is 10.2. The van der Waals surface area contributed by atoms with Crippen molar-refractivity contribution in [2.75, 3.05) is 0 Å². The van der Waals surface area contributed by atoms with Gasteiger partial charge in [-0.15, -0.1) is 0 Å². The zero-order chi connectivity index (χ0) is 21.7. The van der Waals surface area contributed by atoms with Crippen LogP contribution < -0.4 is 15.6 Å². The largest absolute Gasteiger partial charge is 0.421 e. The van der Waals surface area contributed by atoms with Crippen LogP contribution in [0.2, 0.25) is 0 Å². The molecule has 0 atom stereocenters. The van der Waals surface area contributed by atoms with Crippen molar-refractivity contribution in [1.82, 2.24) is 0 Å².